The van der Waals surface area contributed by atoms with E-state index in [-0.39, 0.29) is 17.9 Å². The molecule has 0 bridgehead atoms. The minimum absolute atomic E-state index is 0.162. The van der Waals surface area contributed by atoms with Gasteiger partial charge in [0.25, 0.3) is 0 Å². The van der Waals surface area contributed by atoms with Crippen LogP contribution in [0.15, 0.2) is 69.6 Å². The number of carboxylic acids is 1. The van der Waals surface area contributed by atoms with E-state index >= 15 is 0 Å². The highest BCUT2D eigenvalue weighted by molar-refractivity contribution is 7.99. The Morgan fingerprint density at radius 1 is 1.13 bits per heavy atom. The third-order valence-corrected chi connectivity index (χ3v) is 6.43. The fourth-order valence-electron chi connectivity index (χ4n) is 3.15. The van der Waals surface area contributed by atoms with Crippen molar-refractivity contribution < 1.29 is 24.2 Å². The summed E-state index contributed by atoms with van der Waals surface area (Å²) in [7, 11) is 0. The molecule has 3 rings (SSSR count). The number of hydrogen-bond donors (Lipinski definition) is 3. The zero-order chi connectivity index (χ0) is 22.4. The van der Waals surface area contributed by atoms with E-state index in [2.05, 4.69) is 10.6 Å². The predicted octanol–water partition coefficient (Wildman–Crippen LogP) is 4.07. The van der Waals surface area contributed by atoms with Gasteiger partial charge < -0.3 is 20.5 Å². The average Bonchev–Trinajstić information content (AvgIpc) is 2.77. The van der Waals surface area contributed by atoms with Gasteiger partial charge in [-0.3, -0.25) is 0 Å². The van der Waals surface area contributed by atoms with Crippen LogP contribution in [0, 0.1) is 0 Å². The van der Waals surface area contributed by atoms with Gasteiger partial charge in [0.1, 0.15) is 0 Å². The van der Waals surface area contributed by atoms with Gasteiger partial charge >= 0.3 is 18.0 Å². The predicted molar refractivity (Wildman–Crippen MR) is 120 cm³/mol. The van der Waals surface area contributed by atoms with Crippen LogP contribution < -0.4 is 10.6 Å². The zero-order valence-electron chi connectivity index (χ0n) is 17.0. The first kappa shape index (κ1) is 22.8. The van der Waals surface area contributed by atoms with Crippen LogP contribution in [0.1, 0.15) is 28.9 Å². The molecule has 0 aromatic heterocycles. The second-order valence-corrected chi connectivity index (χ2v) is 8.40. The largest absolute Gasteiger partial charge is 0.478 e. The van der Waals surface area contributed by atoms with Crippen molar-refractivity contribution in [2.24, 2.45) is 0 Å². The molecule has 7 nitrogen and oxygen atoms in total. The number of benzene rings is 2. The van der Waals surface area contributed by atoms with Crippen LogP contribution in [0.2, 0.25) is 0 Å². The van der Waals surface area contributed by atoms with Crippen molar-refractivity contribution >= 4 is 41.5 Å². The molecule has 0 spiro atoms. The molecule has 0 saturated carbocycles. The van der Waals surface area contributed by atoms with E-state index in [1.807, 2.05) is 30.5 Å². The summed E-state index contributed by atoms with van der Waals surface area (Å²) in [5.41, 5.74) is 1.62. The van der Waals surface area contributed by atoms with E-state index in [4.69, 9.17) is 4.74 Å². The summed E-state index contributed by atoms with van der Waals surface area (Å²) in [5.74, 6) is -1.37. The van der Waals surface area contributed by atoms with Crippen LogP contribution in [0.4, 0.5) is 4.79 Å². The summed E-state index contributed by atoms with van der Waals surface area (Å²) < 4.78 is 5.26. The van der Waals surface area contributed by atoms with E-state index in [0.717, 1.165) is 10.5 Å². The number of thioether (sulfide) groups is 2. The van der Waals surface area contributed by atoms with Crippen molar-refractivity contribution in [3.05, 3.63) is 70.9 Å². The number of carbonyl (C=O) groups excluding carboxylic acids is 2. The molecule has 0 aliphatic carbocycles. The Labute approximate surface area is 188 Å². The number of hydrogen-bond acceptors (Lipinski definition) is 6. The number of carboxylic acid groups (broad SMARTS) is 1. The number of ether oxygens (including phenoxy) is 1. The molecule has 1 unspecified atom stereocenters. The number of nitrogens with one attached hydrogen (secondary N) is 2. The highest BCUT2D eigenvalue weighted by Crippen LogP contribution is 2.32. The molecule has 1 aliphatic rings. The minimum atomic E-state index is -1.04. The van der Waals surface area contributed by atoms with Crippen LogP contribution in [0.5, 0.6) is 0 Å². The summed E-state index contributed by atoms with van der Waals surface area (Å²) >= 11 is 2.83. The Kier molecular flexibility index (Phi) is 7.64. The van der Waals surface area contributed by atoms with Gasteiger partial charge in [0.05, 0.1) is 23.8 Å². The summed E-state index contributed by atoms with van der Waals surface area (Å²) in [6, 6.07) is 13.1. The Hall–Kier alpha value is -2.91. The molecule has 2 aromatic rings. The second-order valence-electron chi connectivity index (χ2n) is 6.51. The third-order valence-electron chi connectivity index (χ3n) is 4.59. The maximum Gasteiger partial charge on any atom is 0.338 e. The lowest BCUT2D eigenvalue weighted by molar-refractivity contribution is -0.139. The van der Waals surface area contributed by atoms with Gasteiger partial charge in [-0.1, -0.05) is 24.3 Å². The number of urea groups is 1. The van der Waals surface area contributed by atoms with E-state index in [1.165, 1.54) is 17.8 Å². The molecule has 0 fully saturated rings. The molecule has 162 valence electrons. The van der Waals surface area contributed by atoms with Crippen molar-refractivity contribution in [1.29, 1.82) is 0 Å². The van der Waals surface area contributed by atoms with Gasteiger partial charge in [-0.15, -0.1) is 23.5 Å². The fraction of sp³-hybridized carbons (Fsp3) is 0.227. The van der Waals surface area contributed by atoms with Gasteiger partial charge in [-0.25, -0.2) is 14.4 Å². The van der Waals surface area contributed by atoms with Gasteiger partial charge in [0.2, 0.25) is 0 Å². The normalized spacial score (nSPS) is 15.8. The van der Waals surface area contributed by atoms with Crippen molar-refractivity contribution in [3.8, 4) is 0 Å². The lowest BCUT2D eigenvalue weighted by Crippen LogP contribution is -2.46. The number of aromatic carboxylic acids is 1. The van der Waals surface area contributed by atoms with Crippen molar-refractivity contribution in [3.63, 3.8) is 0 Å². The quantitative estimate of drug-likeness (QED) is 0.405. The number of rotatable bonds is 8. The first-order valence-corrected chi connectivity index (χ1v) is 11.7. The molecule has 1 atom stereocenters. The summed E-state index contributed by atoms with van der Waals surface area (Å²) in [5, 5.41) is 14.9. The molecule has 2 amide bonds. The smallest absolute Gasteiger partial charge is 0.338 e. The van der Waals surface area contributed by atoms with Crippen LogP contribution in [-0.2, 0) is 9.53 Å². The third kappa shape index (κ3) is 5.42. The van der Waals surface area contributed by atoms with E-state index in [1.54, 1.807) is 36.9 Å². The van der Waals surface area contributed by atoms with E-state index in [0.29, 0.717) is 16.2 Å². The lowest BCUT2D eigenvalue weighted by atomic mass is 9.95. The summed E-state index contributed by atoms with van der Waals surface area (Å²) in [6.07, 6.45) is 1.97. The number of esters is 1. The van der Waals surface area contributed by atoms with E-state index < -0.39 is 24.0 Å². The van der Waals surface area contributed by atoms with Crippen LogP contribution in [0.25, 0.3) is 0 Å². The monoisotopic (exact) mass is 458 g/mol. The zero-order valence-corrected chi connectivity index (χ0v) is 18.6. The topological polar surface area (TPSA) is 105 Å². The minimum Gasteiger partial charge on any atom is -0.478 e. The van der Waals surface area contributed by atoms with Gasteiger partial charge in [-0.05, 0) is 43.0 Å². The average molecular weight is 459 g/mol. The molecule has 31 heavy (non-hydrogen) atoms. The molecule has 2 aromatic carbocycles. The Bertz CT molecular complexity index is 1020. The molecular formula is C22H22N2O5S2. The van der Waals surface area contributed by atoms with Crippen molar-refractivity contribution in [2.75, 3.05) is 18.6 Å². The molecular weight excluding hydrogens is 436 g/mol. The van der Waals surface area contributed by atoms with Crippen molar-refractivity contribution in [1.82, 2.24) is 10.6 Å². The maximum atomic E-state index is 12.8. The molecule has 3 N–H and O–H groups in total. The summed E-state index contributed by atoms with van der Waals surface area (Å²) in [6.45, 7) is 1.91. The molecule has 1 aliphatic heterocycles. The molecule has 0 radical (unpaired) electrons. The van der Waals surface area contributed by atoms with Gasteiger partial charge in [0, 0.05) is 21.2 Å². The van der Waals surface area contributed by atoms with Gasteiger partial charge in [-0.2, -0.15) is 0 Å². The molecule has 9 heteroatoms. The molecule has 1 heterocycles. The van der Waals surface area contributed by atoms with Crippen LogP contribution >= 0.6 is 23.5 Å². The Morgan fingerprint density at radius 3 is 2.48 bits per heavy atom. The van der Waals surface area contributed by atoms with Crippen LogP contribution in [-0.4, -0.2) is 41.7 Å². The standard InChI is InChI=1S/C22H22N2O5S2/c1-3-29-21(27)18-16(12-31-17-7-5-4-6-15(17)20(25)26)23-22(28)24-19(18)13-8-10-14(30-2)11-9-13/h4-11,19H,3,12H2,1-2H3,(H,25,26)(H2,23,24,28). The van der Waals surface area contributed by atoms with E-state index in [9.17, 15) is 19.5 Å². The number of carbonyl (C=O) groups is 3. The first-order valence-electron chi connectivity index (χ1n) is 9.51. The highest BCUT2D eigenvalue weighted by atomic mass is 32.2. The molecule has 0 saturated heterocycles. The number of amides is 2. The van der Waals surface area contributed by atoms with Gasteiger partial charge in [0.15, 0.2) is 0 Å². The lowest BCUT2D eigenvalue weighted by Gasteiger charge is -2.29. The fourth-order valence-corrected chi connectivity index (χ4v) is 4.57. The second kappa shape index (κ2) is 10.4. The SMILES string of the molecule is CCOC(=O)C1=C(CSc2ccccc2C(=O)O)NC(=O)NC1c1ccc(SC)cc1. The highest BCUT2D eigenvalue weighted by Gasteiger charge is 2.33. The Balaban J connectivity index is 1.98. The first-order chi connectivity index (χ1) is 14.9. The Morgan fingerprint density at radius 2 is 1.84 bits per heavy atom. The summed E-state index contributed by atoms with van der Waals surface area (Å²) in [4.78, 5) is 38.3. The maximum absolute atomic E-state index is 12.8. The van der Waals surface area contributed by atoms with Crippen molar-refractivity contribution in [2.45, 2.75) is 22.8 Å². The van der Waals surface area contributed by atoms with Crippen LogP contribution in [0.3, 0.4) is 0 Å².